The van der Waals surface area contributed by atoms with Gasteiger partial charge in [-0.15, -0.1) is 0 Å². The maximum atomic E-state index is 12.2. The van der Waals surface area contributed by atoms with Gasteiger partial charge < -0.3 is 19.9 Å². The maximum Gasteiger partial charge on any atom is 0.422 e. The molecule has 1 atom stereocenters. The number of hydrogen-bond acceptors (Lipinski definition) is 4. The second kappa shape index (κ2) is 8.25. The monoisotopic (exact) mass is 335 g/mol. The van der Waals surface area contributed by atoms with E-state index in [1.54, 1.807) is 0 Å². The van der Waals surface area contributed by atoms with Crippen molar-refractivity contribution in [2.24, 2.45) is 0 Å². The molecule has 0 saturated carbocycles. The van der Waals surface area contributed by atoms with Gasteiger partial charge in [0.2, 0.25) is 0 Å². The predicted molar refractivity (Wildman–Crippen MR) is 73.3 cm³/mol. The Labute approximate surface area is 130 Å². The predicted octanol–water partition coefficient (Wildman–Crippen LogP) is 1.99. The molecule has 1 unspecified atom stereocenters. The first kappa shape index (κ1) is 18.6. The SMILES string of the molecule is CC(CC(=O)O)NC(=O)COc1ccccc1OCC(F)(F)F. The number of carbonyl (C=O) groups excluding carboxylic acids is 1. The Hall–Kier alpha value is -2.45. The van der Waals surface area contributed by atoms with Gasteiger partial charge in [0.25, 0.3) is 5.91 Å². The average Bonchev–Trinajstić information content (AvgIpc) is 2.42. The minimum atomic E-state index is -4.49. The number of amides is 1. The van der Waals surface area contributed by atoms with E-state index in [4.69, 9.17) is 9.84 Å². The molecule has 1 aromatic rings. The Morgan fingerprint density at radius 3 is 2.30 bits per heavy atom. The van der Waals surface area contributed by atoms with Crippen molar-refractivity contribution in [1.82, 2.24) is 5.32 Å². The number of rotatable bonds is 8. The van der Waals surface area contributed by atoms with Crippen LogP contribution < -0.4 is 14.8 Å². The summed E-state index contributed by atoms with van der Waals surface area (Å²) in [7, 11) is 0. The zero-order valence-electron chi connectivity index (χ0n) is 12.2. The van der Waals surface area contributed by atoms with Crippen molar-refractivity contribution in [3.63, 3.8) is 0 Å². The molecule has 0 fully saturated rings. The van der Waals surface area contributed by atoms with E-state index < -0.39 is 37.3 Å². The van der Waals surface area contributed by atoms with Crippen LogP contribution in [-0.4, -0.2) is 42.4 Å². The van der Waals surface area contributed by atoms with Gasteiger partial charge >= 0.3 is 12.1 Å². The molecule has 0 aliphatic rings. The molecule has 1 aromatic carbocycles. The van der Waals surface area contributed by atoms with Crippen LogP contribution in [0.25, 0.3) is 0 Å². The van der Waals surface area contributed by atoms with Crippen LogP contribution in [0.4, 0.5) is 13.2 Å². The Kier molecular flexibility index (Phi) is 6.67. The number of carbonyl (C=O) groups is 2. The number of halogens is 3. The van der Waals surface area contributed by atoms with Crippen LogP contribution in [0.15, 0.2) is 24.3 Å². The highest BCUT2D eigenvalue weighted by Gasteiger charge is 2.29. The van der Waals surface area contributed by atoms with Crippen LogP contribution in [-0.2, 0) is 9.59 Å². The molecule has 23 heavy (non-hydrogen) atoms. The fourth-order valence-corrected chi connectivity index (χ4v) is 1.62. The largest absolute Gasteiger partial charge is 0.481 e. The Morgan fingerprint density at radius 1 is 1.22 bits per heavy atom. The summed E-state index contributed by atoms with van der Waals surface area (Å²) in [5, 5.41) is 11.0. The molecule has 6 nitrogen and oxygen atoms in total. The van der Waals surface area contributed by atoms with E-state index >= 15 is 0 Å². The first-order valence-corrected chi connectivity index (χ1v) is 6.60. The van der Waals surface area contributed by atoms with Gasteiger partial charge in [-0.3, -0.25) is 9.59 Å². The summed E-state index contributed by atoms with van der Waals surface area (Å²) in [4.78, 5) is 22.1. The van der Waals surface area contributed by atoms with Crippen molar-refractivity contribution in [2.75, 3.05) is 13.2 Å². The van der Waals surface area contributed by atoms with Crippen molar-refractivity contribution in [1.29, 1.82) is 0 Å². The van der Waals surface area contributed by atoms with E-state index in [0.717, 1.165) is 0 Å². The van der Waals surface area contributed by atoms with E-state index in [1.807, 2.05) is 0 Å². The average molecular weight is 335 g/mol. The zero-order valence-corrected chi connectivity index (χ0v) is 12.2. The van der Waals surface area contributed by atoms with E-state index in [9.17, 15) is 22.8 Å². The molecule has 0 aliphatic carbocycles. The van der Waals surface area contributed by atoms with Gasteiger partial charge in [0.15, 0.2) is 24.7 Å². The minimum absolute atomic E-state index is 0.0159. The van der Waals surface area contributed by atoms with E-state index in [-0.39, 0.29) is 17.9 Å². The number of carboxylic acid groups (broad SMARTS) is 1. The molecule has 0 bridgehead atoms. The first-order valence-electron chi connectivity index (χ1n) is 6.60. The Morgan fingerprint density at radius 2 is 1.78 bits per heavy atom. The second-order valence-corrected chi connectivity index (χ2v) is 4.71. The molecule has 0 heterocycles. The molecule has 2 N–H and O–H groups in total. The normalized spacial score (nSPS) is 12.3. The summed E-state index contributed by atoms with van der Waals surface area (Å²) in [6, 6.07) is 5.03. The van der Waals surface area contributed by atoms with Gasteiger partial charge in [0.05, 0.1) is 6.42 Å². The third kappa shape index (κ3) is 7.93. The van der Waals surface area contributed by atoms with Gasteiger partial charge in [-0.2, -0.15) is 13.2 Å². The summed E-state index contributed by atoms with van der Waals surface area (Å²) in [5.41, 5.74) is 0. The zero-order chi connectivity index (χ0) is 17.5. The lowest BCUT2D eigenvalue weighted by atomic mass is 10.2. The highest BCUT2D eigenvalue weighted by molar-refractivity contribution is 5.78. The van der Waals surface area contributed by atoms with Crippen LogP contribution in [0.3, 0.4) is 0 Å². The van der Waals surface area contributed by atoms with Crippen LogP contribution in [0.5, 0.6) is 11.5 Å². The molecule has 1 rings (SSSR count). The number of ether oxygens (including phenoxy) is 2. The summed E-state index contributed by atoms with van der Waals surface area (Å²) in [5.74, 6) is -1.82. The number of benzene rings is 1. The Bertz CT molecular complexity index is 547. The number of aliphatic carboxylic acids is 1. The summed E-state index contributed by atoms with van der Waals surface area (Å²) in [6.07, 6.45) is -4.74. The maximum absolute atomic E-state index is 12.2. The van der Waals surface area contributed by atoms with Gasteiger partial charge in [0, 0.05) is 6.04 Å². The van der Waals surface area contributed by atoms with E-state index in [0.29, 0.717) is 0 Å². The molecular formula is C14H16F3NO5. The van der Waals surface area contributed by atoms with E-state index in [2.05, 4.69) is 10.1 Å². The lowest BCUT2D eigenvalue weighted by molar-refractivity contribution is -0.153. The number of carboxylic acids is 1. The topological polar surface area (TPSA) is 84.9 Å². The molecule has 0 radical (unpaired) electrons. The van der Waals surface area contributed by atoms with Gasteiger partial charge in [-0.25, -0.2) is 0 Å². The molecule has 0 aromatic heterocycles. The third-order valence-electron chi connectivity index (χ3n) is 2.49. The van der Waals surface area contributed by atoms with E-state index in [1.165, 1.54) is 31.2 Å². The standard InChI is InChI=1S/C14H16F3NO5/c1-9(6-13(20)21)18-12(19)7-22-10-4-2-3-5-11(10)23-8-14(15,16)17/h2-5,9H,6-8H2,1H3,(H,18,19)(H,20,21). The molecule has 1 amide bonds. The first-order chi connectivity index (χ1) is 10.7. The van der Waals surface area contributed by atoms with Crippen molar-refractivity contribution in [2.45, 2.75) is 25.6 Å². The molecule has 0 spiro atoms. The van der Waals surface area contributed by atoms with Crippen molar-refractivity contribution in [3.05, 3.63) is 24.3 Å². The minimum Gasteiger partial charge on any atom is -0.481 e. The Balaban J connectivity index is 2.54. The summed E-state index contributed by atoms with van der Waals surface area (Å²) in [6.45, 7) is -0.446. The van der Waals surface area contributed by atoms with Gasteiger partial charge in [-0.05, 0) is 19.1 Å². The summed E-state index contributed by atoms with van der Waals surface area (Å²) >= 11 is 0. The van der Waals surface area contributed by atoms with Crippen LogP contribution in [0, 0.1) is 0 Å². The van der Waals surface area contributed by atoms with Gasteiger partial charge in [-0.1, -0.05) is 12.1 Å². The molecule has 9 heteroatoms. The fraction of sp³-hybridized carbons (Fsp3) is 0.429. The van der Waals surface area contributed by atoms with Crippen molar-refractivity contribution >= 4 is 11.9 Å². The van der Waals surface area contributed by atoms with Crippen molar-refractivity contribution in [3.8, 4) is 11.5 Å². The number of nitrogens with one attached hydrogen (secondary N) is 1. The number of alkyl halides is 3. The highest BCUT2D eigenvalue weighted by atomic mass is 19.4. The second-order valence-electron chi connectivity index (χ2n) is 4.71. The number of para-hydroxylation sites is 2. The third-order valence-corrected chi connectivity index (χ3v) is 2.49. The van der Waals surface area contributed by atoms with Crippen molar-refractivity contribution < 1.29 is 37.3 Å². The molecular weight excluding hydrogens is 319 g/mol. The molecule has 128 valence electrons. The van der Waals surface area contributed by atoms with Gasteiger partial charge in [0.1, 0.15) is 0 Å². The quantitative estimate of drug-likeness (QED) is 0.759. The smallest absolute Gasteiger partial charge is 0.422 e. The lowest BCUT2D eigenvalue weighted by Crippen LogP contribution is -2.37. The molecule has 0 aliphatic heterocycles. The highest BCUT2D eigenvalue weighted by Crippen LogP contribution is 2.28. The van der Waals surface area contributed by atoms with Crippen LogP contribution >= 0.6 is 0 Å². The number of hydrogen-bond donors (Lipinski definition) is 2. The molecule has 0 saturated heterocycles. The van der Waals surface area contributed by atoms with Crippen LogP contribution in [0.1, 0.15) is 13.3 Å². The fourth-order valence-electron chi connectivity index (χ4n) is 1.62. The summed E-state index contributed by atoms with van der Waals surface area (Å²) < 4.78 is 46.2. The van der Waals surface area contributed by atoms with Crippen LogP contribution in [0.2, 0.25) is 0 Å². The lowest BCUT2D eigenvalue weighted by Gasteiger charge is -2.15.